The SMILES string of the molecule is CCCN(Cc1ccc(C#N)cc1)C(=O)CCCc1cccs1. The number of hydrogen-bond donors (Lipinski definition) is 0. The van der Waals surface area contributed by atoms with Crippen LogP contribution in [0.5, 0.6) is 0 Å². The molecule has 0 unspecified atom stereocenters. The van der Waals surface area contributed by atoms with Crippen molar-refractivity contribution >= 4 is 17.2 Å². The van der Waals surface area contributed by atoms with Gasteiger partial charge in [-0.2, -0.15) is 5.26 Å². The zero-order valence-corrected chi connectivity index (χ0v) is 14.3. The molecule has 2 aromatic rings. The molecule has 0 fully saturated rings. The number of rotatable bonds is 8. The van der Waals surface area contributed by atoms with E-state index >= 15 is 0 Å². The number of amides is 1. The summed E-state index contributed by atoms with van der Waals surface area (Å²) in [5.41, 5.74) is 1.72. The lowest BCUT2D eigenvalue weighted by atomic mass is 10.1. The number of carbonyl (C=O) groups is 1. The van der Waals surface area contributed by atoms with Gasteiger partial charge in [0, 0.05) is 24.4 Å². The molecule has 0 aliphatic rings. The number of benzene rings is 1. The van der Waals surface area contributed by atoms with Gasteiger partial charge in [-0.3, -0.25) is 4.79 Å². The zero-order chi connectivity index (χ0) is 16.5. The van der Waals surface area contributed by atoms with Gasteiger partial charge in [-0.15, -0.1) is 11.3 Å². The molecule has 0 saturated heterocycles. The summed E-state index contributed by atoms with van der Waals surface area (Å²) in [5.74, 6) is 0.216. The highest BCUT2D eigenvalue weighted by Gasteiger charge is 2.13. The Balaban J connectivity index is 1.88. The fourth-order valence-electron chi connectivity index (χ4n) is 2.49. The largest absolute Gasteiger partial charge is 0.338 e. The standard InChI is InChI=1S/C19H22N2OS/c1-2-12-21(15-17-10-8-16(14-20)9-11-17)19(22)7-3-5-18-6-4-13-23-18/h4,6,8-11,13H,2-3,5,7,12,15H2,1H3. The van der Waals surface area contributed by atoms with Crippen molar-refractivity contribution in [2.24, 2.45) is 0 Å². The average molecular weight is 326 g/mol. The van der Waals surface area contributed by atoms with E-state index in [1.165, 1.54) is 4.88 Å². The van der Waals surface area contributed by atoms with Crippen molar-refractivity contribution in [1.82, 2.24) is 4.90 Å². The molecule has 120 valence electrons. The van der Waals surface area contributed by atoms with E-state index in [0.29, 0.717) is 18.5 Å². The highest BCUT2D eigenvalue weighted by Crippen LogP contribution is 2.14. The Hall–Kier alpha value is -2.12. The topological polar surface area (TPSA) is 44.1 Å². The average Bonchev–Trinajstić information content (AvgIpc) is 3.08. The molecule has 1 amide bonds. The van der Waals surface area contributed by atoms with E-state index in [9.17, 15) is 4.79 Å². The molecule has 1 aromatic heterocycles. The Bertz CT molecular complexity index is 641. The summed E-state index contributed by atoms with van der Waals surface area (Å²) in [6.07, 6.45) is 3.41. The van der Waals surface area contributed by atoms with Gasteiger partial charge in [0.15, 0.2) is 0 Å². The van der Waals surface area contributed by atoms with E-state index in [1.807, 2.05) is 17.0 Å². The van der Waals surface area contributed by atoms with Crippen LogP contribution >= 0.6 is 11.3 Å². The van der Waals surface area contributed by atoms with E-state index < -0.39 is 0 Å². The first kappa shape index (κ1) is 17.2. The normalized spacial score (nSPS) is 10.3. The minimum atomic E-state index is 0.216. The predicted octanol–water partition coefficient (Wildman–Crippen LogP) is 4.38. The van der Waals surface area contributed by atoms with Gasteiger partial charge in [-0.1, -0.05) is 25.1 Å². The highest BCUT2D eigenvalue weighted by molar-refractivity contribution is 7.09. The fraction of sp³-hybridized carbons (Fsp3) is 0.368. The van der Waals surface area contributed by atoms with Crippen LogP contribution < -0.4 is 0 Å². The molecule has 3 nitrogen and oxygen atoms in total. The van der Waals surface area contributed by atoms with Gasteiger partial charge in [0.1, 0.15) is 0 Å². The number of hydrogen-bond acceptors (Lipinski definition) is 3. The molecule has 4 heteroatoms. The molecule has 0 N–H and O–H groups in total. The minimum Gasteiger partial charge on any atom is -0.338 e. The second-order valence-electron chi connectivity index (χ2n) is 5.56. The summed E-state index contributed by atoms with van der Waals surface area (Å²) in [6.45, 7) is 3.49. The van der Waals surface area contributed by atoms with Crippen LogP contribution in [0.15, 0.2) is 41.8 Å². The van der Waals surface area contributed by atoms with Gasteiger partial charge in [-0.25, -0.2) is 0 Å². The van der Waals surface area contributed by atoms with E-state index in [2.05, 4.69) is 30.5 Å². The van der Waals surface area contributed by atoms with Crippen LogP contribution in [0.1, 0.15) is 42.2 Å². The molecule has 23 heavy (non-hydrogen) atoms. The molecule has 0 aliphatic carbocycles. The first-order valence-electron chi connectivity index (χ1n) is 8.02. The molecule has 0 spiro atoms. The van der Waals surface area contributed by atoms with Crippen molar-refractivity contribution < 1.29 is 4.79 Å². The number of aryl methyl sites for hydroxylation is 1. The Kier molecular flexibility index (Phi) is 6.83. The zero-order valence-electron chi connectivity index (χ0n) is 13.5. The van der Waals surface area contributed by atoms with E-state index in [4.69, 9.17) is 5.26 Å². The molecule has 0 radical (unpaired) electrons. The second-order valence-corrected chi connectivity index (χ2v) is 6.59. The third kappa shape index (κ3) is 5.54. The summed E-state index contributed by atoms with van der Waals surface area (Å²) in [4.78, 5) is 15.7. The number of nitrogens with zero attached hydrogens (tertiary/aromatic N) is 2. The van der Waals surface area contributed by atoms with Crippen LogP contribution in [0, 0.1) is 11.3 Å². The molecular formula is C19H22N2OS. The van der Waals surface area contributed by atoms with E-state index in [1.54, 1.807) is 23.5 Å². The first-order chi connectivity index (χ1) is 11.2. The van der Waals surface area contributed by atoms with Gasteiger partial charge in [0.25, 0.3) is 0 Å². The minimum absolute atomic E-state index is 0.216. The molecule has 0 atom stereocenters. The van der Waals surface area contributed by atoms with Gasteiger partial charge in [0.05, 0.1) is 11.6 Å². The van der Waals surface area contributed by atoms with Crippen LogP contribution in [0.2, 0.25) is 0 Å². The summed E-state index contributed by atoms with van der Waals surface area (Å²) >= 11 is 1.75. The smallest absolute Gasteiger partial charge is 0.222 e. The van der Waals surface area contributed by atoms with Crippen molar-refractivity contribution in [2.75, 3.05) is 6.54 Å². The summed E-state index contributed by atoms with van der Waals surface area (Å²) in [6, 6.07) is 13.8. The Labute approximate surface area is 142 Å². The maximum Gasteiger partial charge on any atom is 0.222 e. The second kappa shape index (κ2) is 9.12. The summed E-state index contributed by atoms with van der Waals surface area (Å²) in [7, 11) is 0. The molecule has 1 aromatic carbocycles. The van der Waals surface area contributed by atoms with Crippen molar-refractivity contribution in [1.29, 1.82) is 5.26 Å². The van der Waals surface area contributed by atoms with E-state index in [-0.39, 0.29) is 5.91 Å². The van der Waals surface area contributed by atoms with Crippen molar-refractivity contribution in [2.45, 2.75) is 39.2 Å². The maximum absolute atomic E-state index is 12.5. The summed E-state index contributed by atoms with van der Waals surface area (Å²) < 4.78 is 0. The first-order valence-corrected chi connectivity index (χ1v) is 8.90. The fourth-order valence-corrected chi connectivity index (χ4v) is 3.24. The van der Waals surface area contributed by atoms with Gasteiger partial charge < -0.3 is 4.90 Å². The van der Waals surface area contributed by atoms with Crippen molar-refractivity contribution in [3.63, 3.8) is 0 Å². The molecule has 0 saturated carbocycles. The van der Waals surface area contributed by atoms with Crippen LogP contribution in [-0.2, 0) is 17.8 Å². The van der Waals surface area contributed by atoms with Crippen molar-refractivity contribution in [3.05, 3.63) is 57.8 Å². The van der Waals surface area contributed by atoms with Crippen molar-refractivity contribution in [3.8, 4) is 6.07 Å². The molecule has 2 rings (SSSR count). The third-order valence-electron chi connectivity index (χ3n) is 3.70. The van der Waals surface area contributed by atoms with Crippen LogP contribution in [0.3, 0.4) is 0 Å². The van der Waals surface area contributed by atoms with Crippen LogP contribution in [0.25, 0.3) is 0 Å². The lowest BCUT2D eigenvalue weighted by Gasteiger charge is -2.22. The van der Waals surface area contributed by atoms with Gasteiger partial charge >= 0.3 is 0 Å². The number of thiophene rings is 1. The van der Waals surface area contributed by atoms with Gasteiger partial charge in [-0.05, 0) is 48.4 Å². The molecular weight excluding hydrogens is 304 g/mol. The van der Waals surface area contributed by atoms with Crippen LogP contribution in [0.4, 0.5) is 0 Å². The molecule has 0 bridgehead atoms. The lowest BCUT2D eigenvalue weighted by Crippen LogP contribution is -2.31. The quantitative estimate of drug-likeness (QED) is 0.722. The van der Waals surface area contributed by atoms with Gasteiger partial charge in [0.2, 0.25) is 5.91 Å². The Morgan fingerprint density at radius 2 is 2.04 bits per heavy atom. The third-order valence-corrected chi connectivity index (χ3v) is 4.63. The maximum atomic E-state index is 12.5. The lowest BCUT2D eigenvalue weighted by molar-refractivity contribution is -0.131. The molecule has 1 heterocycles. The highest BCUT2D eigenvalue weighted by atomic mass is 32.1. The molecule has 0 aliphatic heterocycles. The predicted molar refractivity (Wildman–Crippen MR) is 94.1 cm³/mol. The Morgan fingerprint density at radius 3 is 2.65 bits per heavy atom. The Morgan fingerprint density at radius 1 is 1.26 bits per heavy atom. The monoisotopic (exact) mass is 326 g/mol. The van der Waals surface area contributed by atoms with Crippen LogP contribution in [-0.4, -0.2) is 17.4 Å². The summed E-state index contributed by atoms with van der Waals surface area (Å²) in [5, 5.41) is 10.9. The number of carbonyl (C=O) groups excluding carboxylic acids is 1. The number of nitriles is 1. The van der Waals surface area contributed by atoms with E-state index in [0.717, 1.165) is 31.4 Å².